The first-order valence-electron chi connectivity index (χ1n) is 9.11. The summed E-state index contributed by atoms with van der Waals surface area (Å²) in [7, 11) is 1.45. The van der Waals surface area contributed by atoms with E-state index in [1.165, 1.54) is 19.4 Å². The van der Waals surface area contributed by atoms with Gasteiger partial charge in [0, 0.05) is 36.8 Å². The van der Waals surface area contributed by atoms with Crippen LogP contribution in [0.3, 0.4) is 0 Å². The first-order valence-corrected chi connectivity index (χ1v) is 9.11. The second-order valence-corrected chi connectivity index (χ2v) is 7.22. The van der Waals surface area contributed by atoms with Gasteiger partial charge in [-0.2, -0.15) is 0 Å². The van der Waals surface area contributed by atoms with Crippen LogP contribution >= 0.6 is 0 Å². The Hall–Kier alpha value is -2.72. The lowest BCUT2D eigenvalue weighted by molar-refractivity contribution is -0.133. The first-order chi connectivity index (χ1) is 13.4. The molecular weight excluding hydrogens is 369 g/mol. The molecule has 4 rings (SSSR count). The van der Waals surface area contributed by atoms with E-state index in [4.69, 9.17) is 10.6 Å². The maximum atomic E-state index is 14.9. The second-order valence-electron chi connectivity index (χ2n) is 7.22. The molecule has 3 aliphatic rings. The molecule has 2 atom stereocenters. The summed E-state index contributed by atoms with van der Waals surface area (Å²) in [6.45, 7) is 1.13. The summed E-state index contributed by atoms with van der Waals surface area (Å²) in [5.41, 5.74) is 6.49. The zero-order valence-electron chi connectivity index (χ0n) is 15.4. The molecule has 2 aliphatic heterocycles. The number of carboxylic acid groups (broad SMARTS) is 1. The number of aromatic nitrogens is 1. The van der Waals surface area contributed by atoms with Crippen LogP contribution in [-0.2, 0) is 9.63 Å². The molecule has 1 saturated carbocycles. The number of aliphatic hydroxyl groups is 1. The molecule has 1 aliphatic carbocycles. The maximum Gasteiger partial charge on any atom is 0.336 e. The molecule has 9 nitrogen and oxygen atoms in total. The average molecular weight is 391 g/mol. The number of carboxylic acids is 1. The molecule has 0 aromatic carbocycles. The number of fused-ring (bicyclic) bond motifs is 1. The van der Waals surface area contributed by atoms with Crippen molar-refractivity contribution < 1.29 is 24.2 Å². The molecule has 1 aromatic rings. The number of aliphatic carboxylic acids is 1. The van der Waals surface area contributed by atoms with E-state index in [0.717, 1.165) is 18.6 Å². The second kappa shape index (κ2) is 7.02. The molecule has 3 heterocycles. The molecule has 150 valence electrons. The van der Waals surface area contributed by atoms with E-state index < -0.39 is 17.9 Å². The number of hydrogen-bond acceptors (Lipinski definition) is 8. The Morgan fingerprint density at radius 2 is 2.21 bits per heavy atom. The van der Waals surface area contributed by atoms with Gasteiger partial charge in [0.1, 0.15) is 19.0 Å². The fraction of sp³-hybridized carbons (Fsp3) is 0.500. The van der Waals surface area contributed by atoms with Gasteiger partial charge in [-0.05, 0) is 18.9 Å². The van der Waals surface area contributed by atoms with E-state index in [1.807, 2.05) is 0 Å². The number of nitrogens with two attached hydrogens (primary N) is 1. The Balaban J connectivity index is 1.74. The Labute approximate surface area is 160 Å². The van der Waals surface area contributed by atoms with Crippen molar-refractivity contribution in [3.8, 4) is 0 Å². The molecule has 0 spiro atoms. The van der Waals surface area contributed by atoms with Crippen molar-refractivity contribution >= 4 is 23.3 Å². The standard InChI is InChI=1S/C18H22FN5O4/c1-28-22-14-8-23(6-9(14)5-20)17-13(19)4-11-15(25)12(18(26)27)7-24(10-2-3-10)16(11)21-17/h4,7,9-10,15,25H,2-3,5-6,8,20H2,1H3,(H,26,27)/b22-14+. The van der Waals surface area contributed by atoms with Crippen molar-refractivity contribution in [2.75, 3.05) is 36.5 Å². The SMILES string of the molecule is CO/N=C1\CN(c2nc3c(cc2F)C(O)C(C(=O)O)=CN3C2CC2)CC1CN. The van der Waals surface area contributed by atoms with Gasteiger partial charge in [0.25, 0.3) is 0 Å². The molecule has 4 N–H and O–H groups in total. The number of pyridine rings is 1. The molecule has 10 heteroatoms. The van der Waals surface area contributed by atoms with Gasteiger partial charge in [-0.1, -0.05) is 5.16 Å². The molecular formula is C18H22FN5O4. The van der Waals surface area contributed by atoms with E-state index >= 15 is 0 Å². The van der Waals surface area contributed by atoms with Crippen molar-refractivity contribution in [2.45, 2.75) is 25.0 Å². The van der Waals surface area contributed by atoms with Gasteiger partial charge in [0.15, 0.2) is 11.6 Å². The van der Waals surface area contributed by atoms with Crippen LogP contribution in [-0.4, -0.2) is 59.7 Å². The minimum atomic E-state index is -1.43. The molecule has 2 fully saturated rings. The highest BCUT2D eigenvalue weighted by Crippen LogP contribution is 2.43. The monoisotopic (exact) mass is 391 g/mol. The number of aliphatic hydroxyl groups excluding tert-OH is 1. The van der Waals surface area contributed by atoms with Crippen molar-refractivity contribution in [3.05, 3.63) is 29.2 Å². The molecule has 2 unspecified atom stereocenters. The molecule has 1 aromatic heterocycles. The van der Waals surface area contributed by atoms with Gasteiger partial charge in [0.05, 0.1) is 17.8 Å². The lowest BCUT2D eigenvalue weighted by Crippen LogP contribution is -2.32. The summed E-state index contributed by atoms with van der Waals surface area (Å²) >= 11 is 0. The van der Waals surface area contributed by atoms with Crippen molar-refractivity contribution in [2.24, 2.45) is 16.8 Å². The lowest BCUT2D eigenvalue weighted by Gasteiger charge is -2.31. The lowest BCUT2D eigenvalue weighted by atomic mass is 9.98. The zero-order valence-corrected chi connectivity index (χ0v) is 15.4. The number of hydrogen-bond donors (Lipinski definition) is 3. The van der Waals surface area contributed by atoms with Gasteiger partial charge in [-0.15, -0.1) is 0 Å². The van der Waals surface area contributed by atoms with Crippen LogP contribution in [0.15, 0.2) is 23.0 Å². The summed E-state index contributed by atoms with van der Waals surface area (Å²) in [6.07, 6.45) is 1.75. The number of rotatable bonds is 5. The highest BCUT2D eigenvalue weighted by Gasteiger charge is 2.39. The van der Waals surface area contributed by atoms with Crippen LogP contribution in [0.2, 0.25) is 0 Å². The quantitative estimate of drug-likeness (QED) is 0.624. The van der Waals surface area contributed by atoms with E-state index in [-0.39, 0.29) is 28.9 Å². The Morgan fingerprint density at radius 3 is 2.82 bits per heavy atom. The van der Waals surface area contributed by atoms with Crippen LogP contribution in [0.4, 0.5) is 16.0 Å². The molecule has 0 amide bonds. The van der Waals surface area contributed by atoms with E-state index in [0.29, 0.717) is 25.5 Å². The number of carbonyl (C=O) groups is 1. The maximum absolute atomic E-state index is 14.9. The summed E-state index contributed by atoms with van der Waals surface area (Å²) in [5, 5.41) is 23.8. The summed E-state index contributed by atoms with van der Waals surface area (Å²) in [6, 6.07) is 1.28. The molecule has 0 bridgehead atoms. The third kappa shape index (κ3) is 3.08. The van der Waals surface area contributed by atoms with Crippen molar-refractivity contribution in [3.63, 3.8) is 0 Å². The predicted molar refractivity (Wildman–Crippen MR) is 99.6 cm³/mol. The fourth-order valence-corrected chi connectivity index (χ4v) is 3.72. The summed E-state index contributed by atoms with van der Waals surface area (Å²) in [4.78, 5) is 24.3. The third-order valence-corrected chi connectivity index (χ3v) is 5.32. The van der Waals surface area contributed by atoms with Crippen LogP contribution in [0.25, 0.3) is 0 Å². The van der Waals surface area contributed by atoms with Crippen LogP contribution in [0, 0.1) is 11.7 Å². The van der Waals surface area contributed by atoms with Crippen molar-refractivity contribution in [1.82, 2.24) is 4.98 Å². The Kier molecular flexibility index (Phi) is 4.68. The Morgan fingerprint density at radius 1 is 1.46 bits per heavy atom. The zero-order chi connectivity index (χ0) is 20.0. The average Bonchev–Trinajstić information content (AvgIpc) is 3.42. The normalized spacial score (nSPS) is 25.7. The summed E-state index contributed by atoms with van der Waals surface area (Å²) in [5.74, 6) is -1.42. The predicted octanol–water partition coefficient (Wildman–Crippen LogP) is 0.602. The third-order valence-electron chi connectivity index (χ3n) is 5.32. The van der Waals surface area contributed by atoms with E-state index in [2.05, 4.69) is 10.1 Å². The smallest absolute Gasteiger partial charge is 0.336 e. The van der Waals surface area contributed by atoms with E-state index in [9.17, 15) is 19.4 Å². The highest BCUT2D eigenvalue weighted by molar-refractivity contribution is 5.94. The van der Waals surface area contributed by atoms with Gasteiger partial charge in [-0.3, -0.25) is 0 Å². The highest BCUT2D eigenvalue weighted by atomic mass is 19.1. The fourth-order valence-electron chi connectivity index (χ4n) is 3.72. The number of anilines is 2. The molecule has 0 radical (unpaired) electrons. The molecule has 1 saturated heterocycles. The largest absolute Gasteiger partial charge is 0.478 e. The number of halogens is 1. The van der Waals surface area contributed by atoms with Gasteiger partial charge in [0.2, 0.25) is 0 Å². The first kappa shape index (κ1) is 18.6. The van der Waals surface area contributed by atoms with Gasteiger partial charge in [-0.25, -0.2) is 14.2 Å². The van der Waals surface area contributed by atoms with Gasteiger partial charge < -0.3 is 30.6 Å². The van der Waals surface area contributed by atoms with Crippen LogP contribution < -0.4 is 15.5 Å². The van der Waals surface area contributed by atoms with Crippen LogP contribution in [0.5, 0.6) is 0 Å². The number of oxime groups is 1. The van der Waals surface area contributed by atoms with Gasteiger partial charge >= 0.3 is 5.97 Å². The molecule has 28 heavy (non-hydrogen) atoms. The summed E-state index contributed by atoms with van der Waals surface area (Å²) < 4.78 is 14.9. The van der Waals surface area contributed by atoms with Crippen molar-refractivity contribution in [1.29, 1.82) is 0 Å². The van der Waals surface area contributed by atoms with E-state index in [1.54, 1.807) is 9.80 Å². The minimum absolute atomic E-state index is 0.0687. The Bertz CT molecular complexity index is 870. The van der Waals surface area contributed by atoms with Crippen LogP contribution in [0.1, 0.15) is 24.5 Å². The topological polar surface area (TPSA) is 125 Å². The number of nitrogens with zero attached hydrogens (tertiary/aromatic N) is 4. The minimum Gasteiger partial charge on any atom is -0.478 e.